The zero-order valence-corrected chi connectivity index (χ0v) is 9.05. The molecule has 0 aromatic rings. The molecule has 0 bridgehead atoms. The Hall–Kier alpha value is -1.20. The first-order valence-corrected chi connectivity index (χ1v) is 5.44. The highest BCUT2D eigenvalue weighted by molar-refractivity contribution is 8.06. The van der Waals surface area contributed by atoms with E-state index in [1.807, 2.05) is 11.8 Å². The van der Waals surface area contributed by atoms with Crippen LogP contribution in [-0.4, -0.2) is 0 Å². The quantitative estimate of drug-likeness (QED) is 0.595. The van der Waals surface area contributed by atoms with Gasteiger partial charge in [-0.05, 0) is 28.7 Å². The molecular weight excluding hydrogens is 190 g/mol. The second-order valence-corrected chi connectivity index (χ2v) is 3.86. The van der Waals surface area contributed by atoms with Crippen molar-refractivity contribution in [3.63, 3.8) is 0 Å². The van der Waals surface area contributed by atoms with E-state index in [0.29, 0.717) is 0 Å². The lowest BCUT2D eigenvalue weighted by molar-refractivity contribution is 1.20. The minimum Gasteiger partial charge on any atom is -0.199 e. The second kappa shape index (κ2) is 6.28. The van der Waals surface area contributed by atoms with Gasteiger partial charge in [0.05, 0.1) is 6.07 Å². The summed E-state index contributed by atoms with van der Waals surface area (Å²) in [6.45, 7) is 1.43. The van der Waals surface area contributed by atoms with Gasteiger partial charge in [0.2, 0.25) is 0 Å². The lowest BCUT2D eigenvalue weighted by Crippen LogP contribution is -1.84. The molecule has 1 nitrogen and oxygen atoms in total. The highest BCUT2D eigenvalue weighted by Gasteiger charge is 2.06. The lowest BCUT2D eigenvalue weighted by atomic mass is 10.1. The highest BCUT2D eigenvalue weighted by Crippen LogP contribution is 2.33. The van der Waals surface area contributed by atoms with E-state index in [1.54, 1.807) is 6.07 Å². The zero-order valence-electron chi connectivity index (χ0n) is 8.23. The van der Waals surface area contributed by atoms with Crippen LogP contribution < -0.4 is 0 Å². The number of hydrogen-bond donors (Lipinski definition) is 0. The number of nitriles is 1. The fourth-order valence-electron chi connectivity index (χ4n) is 1.26. The van der Waals surface area contributed by atoms with E-state index in [2.05, 4.69) is 35.8 Å². The van der Waals surface area contributed by atoms with Crippen molar-refractivity contribution in [1.82, 2.24) is 0 Å². The molecule has 0 aromatic carbocycles. The summed E-state index contributed by atoms with van der Waals surface area (Å²) in [5.41, 5.74) is 1.49. The molecule has 0 N–H and O–H groups in total. The molecule has 0 aromatic heterocycles. The third kappa shape index (κ3) is 3.27. The molecule has 0 atom stereocenters. The number of rotatable bonds is 0. The summed E-state index contributed by atoms with van der Waals surface area (Å²) < 4.78 is 0. The minimum absolute atomic E-state index is 1.11. The van der Waals surface area contributed by atoms with Crippen LogP contribution in [0.25, 0.3) is 0 Å². The van der Waals surface area contributed by atoms with Gasteiger partial charge in [-0.25, -0.2) is 0 Å². The molecule has 2 rings (SSSR count). The third-order valence-corrected chi connectivity index (χ3v) is 2.89. The summed E-state index contributed by atoms with van der Waals surface area (Å²) in [4.78, 5) is 1.52. The first-order valence-electron chi connectivity index (χ1n) is 4.56. The molecule has 1 aliphatic heterocycles. The Kier molecular flexibility index (Phi) is 4.88. The van der Waals surface area contributed by atoms with E-state index >= 15 is 0 Å². The summed E-state index contributed by atoms with van der Waals surface area (Å²) in [6, 6.07) is 1.75. The molecule has 1 heterocycles. The van der Waals surface area contributed by atoms with Crippen LogP contribution in [0.1, 0.15) is 19.8 Å². The fourth-order valence-corrected chi connectivity index (χ4v) is 2.11. The Morgan fingerprint density at radius 1 is 1.29 bits per heavy atom. The van der Waals surface area contributed by atoms with Crippen LogP contribution in [-0.2, 0) is 0 Å². The van der Waals surface area contributed by atoms with E-state index in [4.69, 9.17) is 5.26 Å². The monoisotopic (exact) mass is 203 g/mol. The lowest BCUT2D eigenvalue weighted by Gasteiger charge is -2.05. The maximum Gasteiger partial charge on any atom is 0.0587 e. The first kappa shape index (κ1) is 10.9. The van der Waals surface area contributed by atoms with Crippen molar-refractivity contribution >= 4 is 11.8 Å². The molecule has 0 saturated heterocycles. The molecule has 72 valence electrons. The number of thioether (sulfide) groups is 1. The Morgan fingerprint density at radius 3 is 2.57 bits per heavy atom. The van der Waals surface area contributed by atoms with Gasteiger partial charge < -0.3 is 0 Å². The standard InChI is InChI=1S/C10H10S.C2H3N/c1-2-5-9(6-3-1)10-7-4-8-11-10;1-2-3/h1-5,8H,6-7H2;1H3. The van der Waals surface area contributed by atoms with E-state index in [0.717, 1.165) is 12.8 Å². The Morgan fingerprint density at radius 2 is 2.07 bits per heavy atom. The topological polar surface area (TPSA) is 23.8 Å². The Labute approximate surface area is 89.5 Å². The second-order valence-electron chi connectivity index (χ2n) is 2.86. The zero-order chi connectivity index (χ0) is 10.2. The minimum atomic E-state index is 1.11. The first-order chi connectivity index (χ1) is 6.88. The summed E-state index contributed by atoms with van der Waals surface area (Å²) >= 11 is 1.86. The highest BCUT2D eigenvalue weighted by atomic mass is 32.2. The average Bonchev–Trinajstić information content (AvgIpc) is 2.73. The van der Waals surface area contributed by atoms with Crippen LogP contribution in [0.2, 0.25) is 0 Å². The van der Waals surface area contributed by atoms with Gasteiger partial charge in [-0.1, -0.05) is 30.4 Å². The van der Waals surface area contributed by atoms with Crippen molar-refractivity contribution in [1.29, 1.82) is 5.26 Å². The molecule has 0 fully saturated rings. The molecule has 0 unspecified atom stereocenters. The van der Waals surface area contributed by atoms with Crippen LogP contribution in [0.3, 0.4) is 0 Å². The van der Waals surface area contributed by atoms with E-state index < -0.39 is 0 Å². The van der Waals surface area contributed by atoms with Crippen molar-refractivity contribution in [2.45, 2.75) is 19.8 Å². The summed E-state index contributed by atoms with van der Waals surface area (Å²) in [5.74, 6) is 0. The Bertz CT molecular complexity index is 330. The van der Waals surface area contributed by atoms with Gasteiger partial charge in [0, 0.05) is 6.92 Å². The fraction of sp³-hybridized carbons (Fsp3) is 0.250. The molecule has 14 heavy (non-hydrogen) atoms. The largest absolute Gasteiger partial charge is 0.199 e. The molecule has 1 aliphatic carbocycles. The molecule has 0 saturated carbocycles. The van der Waals surface area contributed by atoms with Gasteiger partial charge in [-0.15, -0.1) is 11.8 Å². The normalized spacial score (nSPS) is 22.9. The van der Waals surface area contributed by atoms with Crippen LogP contribution in [0.5, 0.6) is 0 Å². The predicted molar refractivity (Wildman–Crippen MR) is 62.6 cm³/mol. The maximum atomic E-state index is 7.32. The van der Waals surface area contributed by atoms with Gasteiger partial charge in [-0.2, -0.15) is 5.26 Å². The van der Waals surface area contributed by atoms with Gasteiger partial charge in [0.15, 0.2) is 0 Å². The van der Waals surface area contributed by atoms with Crippen molar-refractivity contribution in [2.75, 3.05) is 0 Å². The number of hydrogen-bond acceptors (Lipinski definition) is 2. The van der Waals surface area contributed by atoms with Crippen molar-refractivity contribution in [2.24, 2.45) is 0 Å². The third-order valence-electron chi connectivity index (χ3n) is 1.85. The molecule has 0 radical (unpaired) electrons. The Balaban J connectivity index is 0.000000293. The molecule has 0 amide bonds. The summed E-state index contributed by atoms with van der Waals surface area (Å²) in [6.07, 6.45) is 13.1. The molecular formula is C12H13NS. The van der Waals surface area contributed by atoms with Crippen molar-refractivity contribution in [3.8, 4) is 6.07 Å². The van der Waals surface area contributed by atoms with Gasteiger partial charge >= 0.3 is 0 Å². The molecule has 0 spiro atoms. The maximum absolute atomic E-state index is 7.32. The van der Waals surface area contributed by atoms with Crippen molar-refractivity contribution < 1.29 is 0 Å². The van der Waals surface area contributed by atoms with E-state index in [9.17, 15) is 0 Å². The van der Waals surface area contributed by atoms with Crippen LogP contribution in [0.4, 0.5) is 0 Å². The van der Waals surface area contributed by atoms with E-state index in [-0.39, 0.29) is 0 Å². The van der Waals surface area contributed by atoms with Crippen LogP contribution >= 0.6 is 11.8 Å². The number of nitrogens with zero attached hydrogens (tertiary/aromatic N) is 1. The smallest absolute Gasteiger partial charge is 0.0587 e. The summed E-state index contributed by atoms with van der Waals surface area (Å²) in [5, 5.41) is 9.49. The molecule has 2 heteroatoms. The average molecular weight is 203 g/mol. The van der Waals surface area contributed by atoms with Gasteiger partial charge in [0.1, 0.15) is 0 Å². The van der Waals surface area contributed by atoms with Crippen molar-refractivity contribution in [3.05, 3.63) is 46.3 Å². The number of allylic oxidation sites excluding steroid dienone is 7. The van der Waals surface area contributed by atoms with Gasteiger partial charge in [0.25, 0.3) is 0 Å². The van der Waals surface area contributed by atoms with E-state index in [1.165, 1.54) is 17.4 Å². The SMILES string of the molecule is C1=CCC(=C2CC=CS2)C=C1.CC#N. The van der Waals surface area contributed by atoms with Crippen LogP contribution in [0.15, 0.2) is 46.3 Å². The van der Waals surface area contributed by atoms with Gasteiger partial charge in [-0.3, -0.25) is 0 Å². The van der Waals surface area contributed by atoms with Crippen LogP contribution in [0, 0.1) is 11.3 Å². The predicted octanol–water partition coefficient (Wildman–Crippen LogP) is 3.94. The summed E-state index contributed by atoms with van der Waals surface area (Å²) in [7, 11) is 0. The molecule has 2 aliphatic rings.